The Morgan fingerprint density at radius 1 is 1.29 bits per heavy atom. The van der Waals surface area contributed by atoms with Gasteiger partial charge in [-0.15, -0.1) is 0 Å². The molecule has 17 heavy (non-hydrogen) atoms. The van der Waals surface area contributed by atoms with E-state index < -0.39 is 6.10 Å². The van der Waals surface area contributed by atoms with Crippen LogP contribution in [-0.4, -0.2) is 10.1 Å². The van der Waals surface area contributed by atoms with E-state index in [4.69, 9.17) is 5.73 Å². The molecule has 0 aromatic carbocycles. The maximum Gasteiger partial charge on any atom is 0.129 e. The molecule has 0 aliphatic heterocycles. The summed E-state index contributed by atoms with van der Waals surface area (Å²) in [6.45, 7) is 4.17. The van der Waals surface area contributed by atoms with Crippen LogP contribution in [0.3, 0.4) is 0 Å². The first kappa shape index (κ1) is 14.0. The van der Waals surface area contributed by atoms with E-state index in [-0.39, 0.29) is 0 Å². The Kier molecular flexibility index (Phi) is 5.98. The third-order valence-corrected chi connectivity index (χ3v) is 3.15. The van der Waals surface area contributed by atoms with Gasteiger partial charge in [0.15, 0.2) is 0 Å². The summed E-state index contributed by atoms with van der Waals surface area (Å²) < 4.78 is 0. The van der Waals surface area contributed by atoms with E-state index in [0.717, 1.165) is 24.0 Å². The highest BCUT2D eigenvalue weighted by atomic mass is 16.3. The average molecular weight is 236 g/mol. The van der Waals surface area contributed by atoms with Crippen LogP contribution in [0, 0.1) is 6.92 Å². The van der Waals surface area contributed by atoms with Gasteiger partial charge in [-0.05, 0) is 25.0 Å². The first-order valence-electron chi connectivity index (χ1n) is 6.55. The predicted molar refractivity (Wildman–Crippen MR) is 71.7 cm³/mol. The van der Waals surface area contributed by atoms with Crippen LogP contribution in [0.1, 0.15) is 62.7 Å². The van der Waals surface area contributed by atoms with Crippen LogP contribution in [0.5, 0.6) is 0 Å². The molecule has 0 aliphatic carbocycles. The summed E-state index contributed by atoms with van der Waals surface area (Å²) in [5.41, 5.74) is 7.64. The Morgan fingerprint density at radius 3 is 2.65 bits per heavy atom. The highest BCUT2D eigenvalue weighted by Gasteiger charge is 2.13. The average Bonchev–Trinajstić information content (AvgIpc) is 2.28. The SMILES string of the molecule is CCCCCCCC(O)c1c(C)ccnc1N. The monoisotopic (exact) mass is 236 g/mol. The van der Waals surface area contributed by atoms with E-state index in [2.05, 4.69) is 11.9 Å². The minimum Gasteiger partial charge on any atom is -0.388 e. The van der Waals surface area contributed by atoms with E-state index in [1.54, 1.807) is 6.20 Å². The lowest BCUT2D eigenvalue weighted by Crippen LogP contribution is -2.06. The summed E-state index contributed by atoms with van der Waals surface area (Å²) in [7, 11) is 0. The van der Waals surface area contributed by atoms with Gasteiger partial charge in [0.25, 0.3) is 0 Å². The van der Waals surface area contributed by atoms with Gasteiger partial charge >= 0.3 is 0 Å². The van der Waals surface area contributed by atoms with Crippen LogP contribution in [0.25, 0.3) is 0 Å². The number of anilines is 1. The molecular weight excluding hydrogens is 212 g/mol. The molecule has 1 rings (SSSR count). The molecule has 1 atom stereocenters. The number of aryl methyl sites for hydroxylation is 1. The molecule has 1 unspecified atom stereocenters. The van der Waals surface area contributed by atoms with E-state index in [9.17, 15) is 5.11 Å². The first-order chi connectivity index (χ1) is 8.16. The number of rotatable bonds is 7. The van der Waals surface area contributed by atoms with E-state index >= 15 is 0 Å². The summed E-state index contributed by atoms with van der Waals surface area (Å²) in [5.74, 6) is 0.464. The molecule has 1 aromatic heterocycles. The van der Waals surface area contributed by atoms with Crippen molar-refractivity contribution in [1.82, 2.24) is 4.98 Å². The fourth-order valence-electron chi connectivity index (χ4n) is 2.11. The zero-order valence-corrected chi connectivity index (χ0v) is 10.9. The van der Waals surface area contributed by atoms with Gasteiger partial charge in [0, 0.05) is 11.8 Å². The fourth-order valence-corrected chi connectivity index (χ4v) is 2.11. The van der Waals surface area contributed by atoms with E-state index in [1.807, 2.05) is 13.0 Å². The van der Waals surface area contributed by atoms with Gasteiger partial charge in [0.2, 0.25) is 0 Å². The minimum absolute atomic E-state index is 0.464. The second kappa shape index (κ2) is 7.28. The zero-order chi connectivity index (χ0) is 12.7. The lowest BCUT2D eigenvalue weighted by molar-refractivity contribution is 0.163. The molecule has 3 N–H and O–H groups in total. The normalized spacial score (nSPS) is 12.6. The van der Waals surface area contributed by atoms with Crippen molar-refractivity contribution in [3.63, 3.8) is 0 Å². The highest BCUT2D eigenvalue weighted by molar-refractivity contribution is 5.45. The molecule has 0 fully saturated rings. The summed E-state index contributed by atoms with van der Waals surface area (Å²) in [5, 5.41) is 10.1. The Hall–Kier alpha value is -1.09. The van der Waals surface area contributed by atoms with Gasteiger partial charge < -0.3 is 10.8 Å². The fraction of sp³-hybridized carbons (Fsp3) is 0.643. The number of nitrogen functional groups attached to an aromatic ring is 1. The Balaban J connectivity index is 2.44. The smallest absolute Gasteiger partial charge is 0.129 e. The third-order valence-electron chi connectivity index (χ3n) is 3.15. The van der Waals surface area contributed by atoms with Crippen LogP contribution >= 0.6 is 0 Å². The number of pyridine rings is 1. The van der Waals surface area contributed by atoms with Crippen LogP contribution < -0.4 is 5.73 Å². The van der Waals surface area contributed by atoms with Crippen molar-refractivity contribution in [1.29, 1.82) is 0 Å². The molecule has 96 valence electrons. The largest absolute Gasteiger partial charge is 0.388 e. The number of hydrogen-bond acceptors (Lipinski definition) is 3. The number of hydrogen-bond donors (Lipinski definition) is 2. The summed E-state index contributed by atoms with van der Waals surface area (Å²) in [6.07, 6.45) is 8.01. The van der Waals surface area contributed by atoms with Gasteiger partial charge in [0.1, 0.15) is 5.82 Å². The molecule has 1 aromatic rings. The lowest BCUT2D eigenvalue weighted by Gasteiger charge is -2.15. The molecule has 0 spiro atoms. The molecule has 0 saturated heterocycles. The molecule has 3 heteroatoms. The second-order valence-electron chi connectivity index (χ2n) is 4.65. The number of nitrogens with zero attached hydrogens (tertiary/aromatic N) is 1. The standard InChI is InChI=1S/C14H24N2O/c1-3-4-5-6-7-8-12(17)13-11(2)9-10-16-14(13)15/h9-10,12,17H,3-8H2,1-2H3,(H2,15,16). The van der Waals surface area contributed by atoms with Crippen LogP contribution in [0.15, 0.2) is 12.3 Å². The van der Waals surface area contributed by atoms with Crippen molar-refractivity contribution in [3.05, 3.63) is 23.4 Å². The van der Waals surface area contributed by atoms with Gasteiger partial charge in [-0.1, -0.05) is 39.0 Å². The molecule has 0 amide bonds. The number of aromatic nitrogens is 1. The van der Waals surface area contributed by atoms with Crippen molar-refractivity contribution in [2.45, 2.75) is 58.5 Å². The molecule has 0 radical (unpaired) electrons. The van der Waals surface area contributed by atoms with E-state index in [1.165, 1.54) is 25.7 Å². The minimum atomic E-state index is -0.467. The molecule has 1 heterocycles. The number of aliphatic hydroxyl groups is 1. The predicted octanol–water partition coefficient (Wildman–Crippen LogP) is 3.37. The van der Waals surface area contributed by atoms with Gasteiger partial charge in [-0.25, -0.2) is 4.98 Å². The number of nitrogens with two attached hydrogens (primary N) is 1. The maximum absolute atomic E-state index is 10.1. The highest BCUT2D eigenvalue weighted by Crippen LogP contribution is 2.26. The number of unbranched alkanes of at least 4 members (excludes halogenated alkanes) is 4. The Morgan fingerprint density at radius 2 is 2.00 bits per heavy atom. The molecule has 0 aliphatic rings. The van der Waals surface area contributed by atoms with Crippen LogP contribution in [-0.2, 0) is 0 Å². The first-order valence-corrected chi connectivity index (χ1v) is 6.55. The topological polar surface area (TPSA) is 59.1 Å². The van der Waals surface area contributed by atoms with Gasteiger partial charge in [0.05, 0.1) is 6.10 Å². The Bertz CT molecular complexity index is 319. The Labute approximate surface area is 104 Å². The quantitative estimate of drug-likeness (QED) is 0.714. The second-order valence-corrected chi connectivity index (χ2v) is 4.65. The molecule has 3 nitrogen and oxygen atoms in total. The van der Waals surface area contributed by atoms with Gasteiger partial charge in [-0.3, -0.25) is 0 Å². The third kappa shape index (κ3) is 4.35. The summed E-state index contributed by atoms with van der Waals surface area (Å²) >= 11 is 0. The van der Waals surface area contributed by atoms with Crippen LogP contribution in [0.4, 0.5) is 5.82 Å². The molecule has 0 saturated carbocycles. The lowest BCUT2D eigenvalue weighted by atomic mass is 9.99. The zero-order valence-electron chi connectivity index (χ0n) is 10.9. The van der Waals surface area contributed by atoms with Crippen LogP contribution in [0.2, 0.25) is 0 Å². The van der Waals surface area contributed by atoms with Gasteiger partial charge in [-0.2, -0.15) is 0 Å². The molecule has 0 bridgehead atoms. The van der Waals surface area contributed by atoms with E-state index in [0.29, 0.717) is 5.82 Å². The molecular formula is C14H24N2O. The maximum atomic E-state index is 10.1. The van der Waals surface area contributed by atoms with Crippen molar-refractivity contribution in [2.75, 3.05) is 5.73 Å². The summed E-state index contributed by atoms with van der Waals surface area (Å²) in [4.78, 5) is 4.04. The number of aliphatic hydroxyl groups excluding tert-OH is 1. The van der Waals surface area contributed by atoms with Crippen molar-refractivity contribution >= 4 is 5.82 Å². The van der Waals surface area contributed by atoms with Crippen molar-refractivity contribution in [2.24, 2.45) is 0 Å². The summed E-state index contributed by atoms with van der Waals surface area (Å²) in [6, 6.07) is 1.89. The van der Waals surface area contributed by atoms with Crippen molar-refractivity contribution < 1.29 is 5.11 Å². The van der Waals surface area contributed by atoms with Crippen molar-refractivity contribution in [3.8, 4) is 0 Å².